The average Bonchev–Trinajstić information content (AvgIpc) is 2.82. The van der Waals surface area contributed by atoms with Crippen LogP contribution < -0.4 is 0 Å². The third kappa shape index (κ3) is 3.81. The molecule has 0 aliphatic heterocycles. The van der Waals surface area contributed by atoms with Crippen molar-refractivity contribution >= 4 is 17.4 Å². The van der Waals surface area contributed by atoms with Gasteiger partial charge in [-0.15, -0.1) is 0 Å². The van der Waals surface area contributed by atoms with E-state index in [4.69, 9.17) is 4.42 Å². The van der Waals surface area contributed by atoms with Crippen molar-refractivity contribution in [2.24, 2.45) is 0 Å². The molecule has 1 heterocycles. The topological polar surface area (TPSA) is 39.4 Å². The molecule has 0 unspecified atom stereocenters. The number of rotatable bonds is 8. The van der Waals surface area contributed by atoms with Crippen LogP contribution in [0.3, 0.4) is 0 Å². The molecule has 2 rings (SSSR count). The summed E-state index contributed by atoms with van der Waals surface area (Å²) in [4.78, 5) is 9.80. The molecule has 1 aromatic heterocycles. The third-order valence-electron chi connectivity index (χ3n) is 3.04. The largest absolute Gasteiger partial charge is 0.461 e. The fourth-order valence-electron chi connectivity index (χ4n) is 2.07. The first-order chi connectivity index (χ1) is 9.31. The van der Waals surface area contributed by atoms with E-state index in [9.17, 15) is 9.18 Å². The molecule has 3 nitrogen and oxygen atoms in total. The second kappa shape index (κ2) is 6.92. The predicted molar refractivity (Wildman–Crippen MR) is 70.0 cm³/mol. The number of halogens is 1. The van der Waals surface area contributed by atoms with Crippen molar-refractivity contribution in [1.82, 2.24) is 0 Å². The minimum atomic E-state index is -0.241. The number of aryl methyl sites for hydroxylation is 1. The second-order valence-corrected chi connectivity index (χ2v) is 4.46. The monoisotopic (exact) mass is 263 g/mol. The number of furan rings is 1. The first kappa shape index (κ1) is 13.6. The number of carbonyl (C=O) groups excluding carboxylic acids is 1. The molecule has 1 aromatic carbocycles. The van der Waals surface area contributed by atoms with E-state index in [1.54, 1.807) is 18.2 Å². The predicted octanol–water partition coefficient (Wildman–Crippen LogP) is 3.76. The molecule has 0 saturated heterocycles. The lowest BCUT2D eigenvalue weighted by molar-refractivity contribution is 0.268. The Morgan fingerprint density at radius 3 is 2.84 bits per heavy atom. The SMILES string of the molecule is O=[C]OCCCCCCc1cc2c(F)cccc2o1. The van der Waals surface area contributed by atoms with Crippen molar-refractivity contribution in [3.05, 3.63) is 35.8 Å². The first-order valence-electron chi connectivity index (χ1n) is 6.47. The molecular formula is C15H16FO3. The average molecular weight is 263 g/mol. The highest BCUT2D eigenvalue weighted by atomic mass is 19.1. The van der Waals surface area contributed by atoms with Gasteiger partial charge in [0.05, 0.1) is 12.0 Å². The molecule has 0 amide bonds. The van der Waals surface area contributed by atoms with Crippen molar-refractivity contribution in [2.45, 2.75) is 32.1 Å². The number of benzene rings is 1. The molecule has 101 valence electrons. The van der Waals surface area contributed by atoms with E-state index in [2.05, 4.69) is 4.74 Å². The van der Waals surface area contributed by atoms with Gasteiger partial charge in [-0.2, -0.15) is 0 Å². The molecular weight excluding hydrogens is 247 g/mol. The highest BCUT2D eigenvalue weighted by Gasteiger charge is 2.07. The van der Waals surface area contributed by atoms with Crippen LogP contribution >= 0.6 is 0 Å². The zero-order valence-corrected chi connectivity index (χ0v) is 10.7. The van der Waals surface area contributed by atoms with Crippen molar-refractivity contribution in [3.8, 4) is 0 Å². The summed E-state index contributed by atoms with van der Waals surface area (Å²) in [6, 6.07) is 6.63. The van der Waals surface area contributed by atoms with Gasteiger partial charge in [-0.1, -0.05) is 18.9 Å². The van der Waals surface area contributed by atoms with Gasteiger partial charge < -0.3 is 9.15 Å². The zero-order chi connectivity index (χ0) is 13.5. The van der Waals surface area contributed by atoms with E-state index in [-0.39, 0.29) is 5.82 Å². The lowest BCUT2D eigenvalue weighted by atomic mass is 10.1. The molecule has 2 aromatic rings. The standard InChI is InChI=1S/C15H16FO3/c16-14-7-5-8-15-13(14)10-12(19-15)6-3-1-2-4-9-18-11-17/h5,7-8,10H,1-4,6,9H2. The van der Waals surface area contributed by atoms with Gasteiger partial charge in [-0.05, 0) is 31.0 Å². The quantitative estimate of drug-likeness (QED) is 0.681. The van der Waals surface area contributed by atoms with E-state index < -0.39 is 0 Å². The van der Waals surface area contributed by atoms with Gasteiger partial charge in [0.25, 0.3) is 0 Å². The van der Waals surface area contributed by atoms with Gasteiger partial charge in [0.2, 0.25) is 0 Å². The molecule has 0 atom stereocenters. The Labute approximate surface area is 111 Å². The van der Waals surface area contributed by atoms with Gasteiger partial charge in [0.1, 0.15) is 17.2 Å². The molecule has 0 fully saturated rings. The van der Waals surface area contributed by atoms with Crippen molar-refractivity contribution < 1.29 is 18.3 Å². The van der Waals surface area contributed by atoms with Gasteiger partial charge in [0.15, 0.2) is 0 Å². The van der Waals surface area contributed by atoms with Crippen LogP contribution in [0.2, 0.25) is 0 Å². The van der Waals surface area contributed by atoms with E-state index >= 15 is 0 Å². The Hall–Kier alpha value is -1.84. The minimum Gasteiger partial charge on any atom is -0.461 e. The highest BCUT2D eigenvalue weighted by Crippen LogP contribution is 2.23. The summed E-state index contributed by atoms with van der Waals surface area (Å²) in [6.45, 7) is 1.83. The molecule has 0 aliphatic rings. The zero-order valence-electron chi connectivity index (χ0n) is 10.7. The van der Waals surface area contributed by atoms with E-state index in [0.29, 0.717) is 17.6 Å². The summed E-state index contributed by atoms with van der Waals surface area (Å²) in [6.07, 6.45) is 4.66. The summed E-state index contributed by atoms with van der Waals surface area (Å²) in [5, 5.41) is 0.549. The van der Waals surface area contributed by atoms with Crippen LogP contribution in [-0.2, 0) is 16.0 Å². The molecule has 19 heavy (non-hydrogen) atoms. The number of fused-ring (bicyclic) bond motifs is 1. The Balaban J connectivity index is 1.76. The van der Waals surface area contributed by atoms with E-state index in [1.165, 1.54) is 12.5 Å². The summed E-state index contributed by atoms with van der Waals surface area (Å²) in [5.41, 5.74) is 0.602. The molecule has 0 saturated carbocycles. The van der Waals surface area contributed by atoms with Crippen molar-refractivity contribution in [3.63, 3.8) is 0 Å². The van der Waals surface area contributed by atoms with Gasteiger partial charge in [0, 0.05) is 6.42 Å². The maximum atomic E-state index is 13.5. The summed E-state index contributed by atoms with van der Waals surface area (Å²) >= 11 is 0. The van der Waals surface area contributed by atoms with Crippen LogP contribution in [0.1, 0.15) is 31.4 Å². The summed E-state index contributed by atoms with van der Waals surface area (Å²) in [5.74, 6) is 0.576. The van der Waals surface area contributed by atoms with E-state index in [0.717, 1.165) is 37.9 Å². The molecule has 0 spiro atoms. The van der Waals surface area contributed by atoms with Crippen LogP contribution in [-0.4, -0.2) is 13.1 Å². The fraction of sp³-hybridized carbons (Fsp3) is 0.400. The number of unbranched alkanes of at least 4 members (excludes halogenated alkanes) is 3. The number of hydrogen-bond donors (Lipinski definition) is 0. The Morgan fingerprint density at radius 2 is 2.05 bits per heavy atom. The summed E-state index contributed by atoms with van der Waals surface area (Å²) in [7, 11) is 0. The second-order valence-electron chi connectivity index (χ2n) is 4.46. The molecule has 0 aliphatic carbocycles. The molecule has 1 radical (unpaired) electrons. The molecule has 0 bridgehead atoms. The smallest absolute Gasteiger partial charge is 0.417 e. The van der Waals surface area contributed by atoms with Crippen LogP contribution in [0.5, 0.6) is 0 Å². The Kier molecular flexibility index (Phi) is 4.95. The van der Waals surface area contributed by atoms with Crippen molar-refractivity contribution in [1.29, 1.82) is 0 Å². The Bertz CT molecular complexity index is 533. The fourth-order valence-corrected chi connectivity index (χ4v) is 2.07. The number of hydrogen-bond acceptors (Lipinski definition) is 3. The van der Waals surface area contributed by atoms with Gasteiger partial charge in [-0.3, -0.25) is 0 Å². The number of ether oxygens (including phenoxy) is 1. The van der Waals surface area contributed by atoms with E-state index in [1.807, 2.05) is 0 Å². The third-order valence-corrected chi connectivity index (χ3v) is 3.04. The maximum absolute atomic E-state index is 13.5. The lowest BCUT2D eigenvalue weighted by Gasteiger charge is -1.99. The molecule has 0 N–H and O–H groups in total. The van der Waals surface area contributed by atoms with Crippen LogP contribution in [0, 0.1) is 5.82 Å². The first-order valence-corrected chi connectivity index (χ1v) is 6.47. The maximum Gasteiger partial charge on any atom is 0.417 e. The Morgan fingerprint density at radius 1 is 1.21 bits per heavy atom. The van der Waals surface area contributed by atoms with Gasteiger partial charge >= 0.3 is 6.47 Å². The molecule has 4 heteroatoms. The normalized spacial score (nSPS) is 10.8. The van der Waals surface area contributed by atoms with Gasteiger partial charge in [-0.25, -0.2) is 9.18 Å². The van der Waals surface area contributed by atoms with Crippen molar-refractivity contribution in [2.75, 3.05) is 6.61 Å². The van der Waals surface area contributed by atoms with Crippen LogP contribution in [0.15, 0.2) is 28.7 Å². The van der Waals surface area contributed by atoms with Crippen LogP contribution in [0.25, 0.3) is 11.0 Å². The lowest BCUT2D eigenvalue weighted by Crippen LogP contribution is -1.91. The van der Waals surface area contributed by atoms with Crippen LogP contribution in [0.4, 0.5) is 4.39 Å². The highest BCUT2D eigenvalue weighted by molar-refractivity contribution is 5.78. The minimum absolute atomic E-state index is 0.241. The summed E-state index contributed by atoms with van der Waals surface area (Å²) < 4.78 is 23.5.